The average molecular weight is 377 g/mol. The molecule has 2 bridgehead atoms. The van der Waals surface area contributed by atoms with Crippen molar-refractivity contribution in [3.05, 3.63) is 71.3 Å². The Kier molecular flexibility index (Phi) is 5.31. The molecule has 146 valence electrons. The molecule has 4 nitrogen and oxygen atoms in total. The van der Waals surface area contributed by atoms with Crippen LogP contribution in [0.3, 0.4) is 0 Å². The molecule has 2 heterocycles. The highest BCUT2D eigenvalue weighted by molar-refractivity contribution is 5.99. The first kappa shape index (κ1) is 18.9. The highest BCUT2D eigenvalue weighted by Gasteiger charge is 2.48. The number of benzene rings is 2. The van der Waals surface area contributed by atoms with Crippen molar-refractivity contribution in [1.29, 1.82) is 0 Å². The first-order chi connectivity index (χ1) is 13.5. The van der Waals surface area contributed by atoms with Crippen LogP contribution in [0.4, 0.5) is 0 Å². The number of nitrogens with zero attached hydrogens (tertiary/aromatic N) is 1. The lowest BCUT2D eigenvalue weighted by Gasteiger charge is -2.42. The summed E-state index contributed by atoms with van der Waals surface area (Å²) in [4.78, 5) is 28.0. The van der Waals surface area contributed by atoms with Gasteiger partial charge in [0.15, 0.2) is 5.78 Å². The van der Waals surface area contributed by atoms with Crippen LogP contribution in [-0.2, 0) is 4.79 Å². The van der Waals surface area contributed by atoms with Crippen LogP contribution in [0, 0.1) is 12.8 Å². The van der Waals surface area contributed by atoms with Crippen LogP contribution in [0.15, 0.2) is 54.6 Å². The topological polar surface area (TPSA) is 49.4 Å². The number of fused-ring (bicyclic) bond motifs is 2. The lowest BCUT2D eigenvalue weighted by Crippen LogP contribution is -2.52. The third-order valence-corrected chi connectivity index (χ3v) is 6.60. The number of aryl methyl sites for hydroxylation is 1. The van der Waals surface area contributed by atoms with E-state index in [4.69, 9.17) is 0 Å². The molecule has 2 aliphatic rings. The molecule has 0 aromatic heterocycles. The predicted octanol–water partition coefficient (Wildman–Crippen LogP) is 3.56. The molecule has 4 heteroatoms. The number of ketones is 1. The maximum atomic E-state index is 13.2. The van der Waals surface area contributed by atoms with Gasteiger partial charge in [0, 0.05) is 17.6 Å². The van der Waals surface area contributed by atoms with E-state index in [0.717, 1.165) is 19.3 Å². The summed E-state index contributed by atoms with van der Waals surface area (Å²) in [6, 6.07) is 18.5. The molecule has 28 heavy (non-hydrogen) atoms. The van der Waals surface area contributed by atoms with Crippen molar-refractivity contribution in [3.8, 4) is 0 Å². The van der Waals surface area contributed by atoms with E-state index in [9.17, 15) is 9.59 Å². The molecular weight excluding hydrogens is 348 g/mol. The molecule has 2 aromatic carbocycles. The first-order valence-electron chi connectivity index (χ1n) is 10.2. The molecule has 1 N–H and O–H groups in total. The lowest BCUT2D eigenvalue weighted by atomic mass is 9.75. The van der Waals surface area contributed by atoms with E-state index in [1.54, 1.807) is 12.1 Å². The van der Waals surface area contributed by atoms with Crippen LogP contribution >= 0.6 is 0 Å². The largest absolute Gasteiger partial charge is 0.348 e. The first-order valence-corrected chi connectivity index (χ1v) is 10.2. The van der Waals surface area contributed by atoms with E-state index in [1.807, 2.05) is 18.2 Å². The minimum Gasteiger partial charge on any atom is -0.348 e. The number of Topliss-reactive ketones (excluding diaryl/α,β-unsaturated/α-hetero) is 1. The molecule has 0 radical (unpaired) electrons. The molecular formula is C24H28N2O2. The van der Waals surface area contributed by atoms with Gasteiger partial charge in [0.2, 0.25) is 5.91 Å². The van der Waals surface area contributed by atoms with Crippen molar-refractivity contribution in [2.24, 2.45) is 5.92 Å². The molecule has 2 saturated heterocycles. The minimum absolute atomic E-state index is 0.00653. The fraction of sp³-hybridized carbons (Fsp3) is 0.417. The lowest BCUT2D eigenvalue weighted by molar-refractivity contribution is -0.129. The third-order valence-electron chi connectivity index (χ3n) is 6.60. The van der Waals surface area contributed by atoms with Gasteiger partial charge in [-0.25, -0.2) is 0 Å². The summed E-state index contributed by atoms with van der Waals surface area (Å²) in [5.41, 5.74) is 3.11. The number of hydrogen-bond donors (Lipinski definition) is 1. The number of carbonyl (C=O) groups is 2. The molecule has 0 aliphatic carbocycles. The Labute approximate surface area is 166 Å². The quantitative estimate of drug-likeness (QED) is 0.812. The molecule has 4 atom stereocenters. The standard InChI is InChI=1S/C24H28N2O2/c1-16-8-10-17(11-9-16)20-14-19-12-13-21(26(19)2)23(20)24(28)25-15-22(27)18-6-4-3-5-7-18/h3-11,19-21,23H,12-15H2,1-2H3,(H,25,28)/t19-,20-,21?,23?/m1/s1. The molecule has 2 fully saturated rings. The molecule has 2 aliphatic heterocycles. The van der Waals surface area contributed by atoms with Gasteiger partial charge >= 0.3 is 0 Å². The number of hydrogen-bond acceptors (Lipinski definition) is 3. The zero-order valence-corrected chi connectivity index (χ0v) is 16.6. The van der Waals surface area contributed by atoms with Crippen molar-refractivity contribution < 1.29 is 9.59 Å². The van der Waals surface area contributed by atoms with Gasteiger partial charge in [-0.1, -0.05) is 60.2 Å². The summed E-state index contributed by atoms with van der Waals surface area (Å²) < 4.78 is 0. The van der Waals surface area contributed by atoms with Crippen LogP contribution in [0.25, 0.3) is 0 Å². The SMILES string of the molecule is Cc1ccc([C@H]2C[C@H]3CCC(C2C(=O)NCC(=O)c2ccccc2)N3C)cc1. The maximum Gasteiger partial charge on any atom is 0.225 e. The Morgan fingerprint density at radius 3 is 2.46 bits per heavy atom. The van der Waals surface area contributed by atoms with Crippen molar-refractivity contribution in [2.75, 3.05) is 13.6 Å². The summed E-state index contributed by atoms with van der Waals surface area (Å²) in [6.45, 7) is 2.14. The van der Waals surface area contributed by atoms with Gasteiger partial charge in [-0.15, -0.1) is 0 Å². The summed E-state index contributed by atoms with van der Waals surface area (Å²) in [5.74, 6) is 0.0533. The molecule has 0 saturated carbocycles. The molecule has 0 spiro atoms. The van der Waals surface area contributed by atoms with E-state index in [2.05, 4.69) is 48.5 Å². The Bertz CT molecular complexity index is 847. The van der Waals surface area contributed by atoms with Gasteiger partial charge in [0.25, 0.3) is 0 Å². The third kappa shape index (κ3) is 3.61. The maximum absolute atomic E-state index is 13.2. The smallest absolute Gasteiger partial charge is 0.225 e. The highest BCUT2D eigenvalue weighted by Crippen LogP contribution is 2.46. The fourth-order valence-corrected chi connectivity index (χ4v) is 4.99. The van der Waals surface area contributed by atoms with Crippen molar-refractivity contribution in [2.45, 2.75) is 44.2 Å². The van der Waals surface area contributed by atoms with Gasteiger partial charge in [-0.2, -0.15) is 0 Å². The van der Waals surface area contributed by atoms with Gasteiger partial charge in [-0.3, -0.25) is 14.5 Å². The highest BCUT2D eigenvalue weighted by atomic mass is 16.2. The molecule has 2 aromatic rings. The van der Waals surface area contributed by atoms with Gasteiger partial charge in [0.1, 0.15) is 0 Å². The normalized spacial score (nSPS) is 26.8. The molecule has 4 rings (SSSR count). The van der Waals surface area contributed by atoms with Crippen LogP contribution in [-0.4, -0.2) is 42.3 Å². The Balaban J connectivity index is 1.52. The van der Waals surface area contributed by atoms with Crippen LogP contribution < -0.4 is 5.32 Å². The second-order valence-electron chi connectivity index (χ2n) is 8.25. The number of amides is 1. The van der Waals surface area contributed by atoms with Gasteiger partial charge in [0.05, 0.1) is 12.5 Å². The zero-order chi connectivity index (χ0) is 19.7. The van der Waals surface area contributed by atoms with E-state index in [0.29, 0.717) is 11.6 Å². The Morgan fingerprint density at radius 1 is 1.04 bits per heavy atom. The number of nitrogens with one attached hydrogen (secondary N) is 1. The number of rotatable bonds is 5. The number of carbonyl (C=O) groups excluding carboxylic acids is 2. The fourth-order valence-electron chi connectivity index (χ4n) is 4.99. The zero-order valence-electron chi connectivity index (χ0n) is 16.6. The van der Waals surface area contributed by atoms with Crippen molar-refractivity contribution in [3.63, 3.8) is 0 Å². The second kappa shape index (κ2) is 7.88. The summed E-state index contributed by atoms with van der Waals surface area (Å²) >= 11 is 0. The Hall–Kier alpha value is -2.46. The van der Waals surface area contributed by atoms with Crippen LogP contribution in [0.2, 0.25) is 0 Å². The summed E-state index contributed by atoms with van der Waals surface area (Å²) in [7, 11) is 2.14. The predicted molar refractivity (Wildman–Crippen MR) is 110 cm³/mol. The van der Waals surface area contributed by atoms with Crippen LogP contribution in [0.1, 0.15) is 46.7 Å². The molecule has 2 unspecified atom stereocenters. The van der Waals surface area contributed by atoms with Crippen molar-refractivity contribution >= 4 is 11.7 Å². The summed E-state index contributed by atoms with van der Waals surface area (Å²) in [6.07, 6.45) is 3.20. The second-order valence-corrected chi connectivity index (χ2v) is 8.25. The minimum atomic E-state index is -0.116. The van der Waals surface area contributed by atoms with E-state index < -0.39 is 0 Å². The summed E-state index contributed by atoms with van der Waals surface area (Å²) in [5, 5.41) is 2.95. The monoisotopic (exact) mass is 376 g/mol. The van der Waals surface area contributed by atoms with E-state index in [1.165, 1.54) is 11.1 Å². The van der Waals surface area contributed by atoms with Gasteiger partial charge in [-0.05, 0) is 44.7 Å². The van der Waals surface area contributed by atoms with E-state index >= 15 is 0 Å². The molecule has 1 amide bonds. The van der Waals surface area contributed by atoms with Gasteiger partial charge < -0.3 is 5.32 Å². The van der Waals surface area contributed by atoms with Crippen LogP contribution in [0.5, 0.6) is 0 Å². The van der Waals surface area contributed by atoms with E-state index in [-0.39, 0.29) is 36.1 Å². The Morgan fingerprint density at radius 2 is 1.75 bits per heavy atom. The van der Waals surface area contributed by atoms with Crippen molar-refractivity contribution in [1.82, 2.24) is 10.2 Å². The number of piperidine rings is 1. The average Bonchev–Trinajstić information content (AvgIpc) is 2.95.